The van der Waals surface area contributed by atoms with Gasteiger partial charge in [0.25, 0.3) is 0 Å². The first-order valence-electron chi connectivity index (χ1n) is 9.46. The van der Waals surface area contributed by atoms with Crippen molar-refractivity contribution < 1.29 is 14.3 Å². The quantitative estimate of drug-likeness (QED) is 0.793. The van der Waals surface area contributed by atoms with Crippen LogP contribution in [0.25, 0.3) is 0 Å². The maximum absolute atomic E-state index is 12.9. The number of carbonyl (C=O) groups is 2. The van der Waals surface area contributed by atoms with Gasteiger partial charge in [-0.15, -0.1) is 0 Å². The van der Waals surface area contributed by atoms with Gasteiger partial charge in [0, 0.05) is 31.1 Å². The van der Waals surface area contributed by atoms with Crippen molar-refractivity contribution in [3.63, 3.8) is 0 Å². The third-order valence-electron chi connectivity index (χ3n) is 4.81. The third-order valence-corrected chi connectivity index (χ3v) is 5.75. The first kappa shape index (κ1) is 19.1. The average Bonchev–Trinajstić information content (AvgIpc) is 3.11. The molecule has 0 aliphatic carbocycles. The van der Waals surface area contributed by atoms with E-state index in [0.29, 0.717) is 13.0 Å². The maximum Gasteiger partial charge on any atom is 0.245 e. The van der Waals surface area contributed by atoms with E-state index in [1.807, 2.05) is 54.8 Å². The van der Waals surface area contributed by atoms with E-state index in [2.05, 4.69) is 0 Å². The Kier molecular flexibility index (Phi) is 6.46. The standard InChI is InChI=1S/C20H28N2O3S/c1-15(2)25-17-6-3-5-16(13-17)14-19(23)22-8-4-7-18(22)20(24)21-9-11-26-12-10-21/h3,5-6,13,15,18H,4,7-12,14H2,1-2H3/t18-/m0/s1. The highest BCUT2D eigenvalue weighted by Crippen LogP contribution is 2.23. The summed E-state index contributed by atoms with van der Waals surface area (Å²) in [6, 6.07) is 7.41. The summed E-state index contributed by atoms with van der Waals surface area (Å²) in [5.74, 6) is 2.94. The van der Waals surface area contributed by atoms with Crippen LogP contribution in [0.1, 0.15) is 32.3 Å². The van der Waals surface area contributed by atoms with Gasteiger partial charge in [-0.1, -0.05) is 12.1 Å². The number of amides is 2. The Morgan fingerprint density at radius 2 is 2.00 bits per heavy atom. The Morgan fingerprint density at radius 1 is 1.23 bits per heavy atom. The van der Waals surface area contributed by atoms with Crippen molar-refractivity contribution >= 4 is 23.6 Å². The number of hydrogen-bond donors (Lipinski definition) is 0. The Bertz CT molecular complexity index is 644. The molecule has 1 aromatic rings. The number of nitrogens with zero attached hydrogens (tertiary/aromatic N) is 2. The molecule has 2 fully saturated rings. The predicted molar refractivity (Wildman–Crippen MR) is 105 cm³/mol. The molecule has 0 N–H and O–H groups in total. The Morgan fingerprint density at radius 3 is 2.73 bits per heavy atom. The van der Waals surface area contributed by atoms with Crippen LogP contribution in [0.15, 0.2) is 24.3 Å². The van der Waals surface area contributed by atoms with E-state index in [1.54, 1.807) is 4.90 Å². The smallest absolute Gasteiger partial charge is 0.245 e. The second-order valence-corrected chi connectivity index (χ2v) is 8.40. The summed E-state index contributed by atoms with van der Waals surface area (Å²) >= 11 is 1.89. The van der Waals surface area contributed by atoms with Crippen LogP contribution in [-0.2, 0) is 16.0 Å². The lowest BCUT2D eigenvalue weighted by molar-refractivity contribution is -0.143. The van der Waals surface area contributed by atoms with Crippen molar-refractivity contribution in [2.24, 2.45) is 0 Å². The molecule has 2 heterocycles. The zero-order valence-corrected chi connectivity index (χ0v) is 16.5. The lowest BCUT2D eigenvalue weighted by Gasteiger charge is -2.32. The van der Waals surface area contributed by atoms with E-state index in [9.17, 15) is 9.59 Å². The van der Waals surface area contributed by atoms with Crippen LogP contribution in [0.4, 0.5) is 0 Å². The van der Waals surface area contributed by atoms with Crippen LogP contribution in [0.2, 0.25) is 0 Å². The fourth-order valence-corrected chi connectivity index (χ4v) is 4.50. The Labute approximate surface area is 160 Å². The first-order chi connectivity index (χ1) is 12.5. The fraction of sp³-hybridized carbons (Fsp3) is 0.600. The summed E-state index contributed by atoms with van der Waals surface area (Å²) in [6.45, 7) is 6.25. The van der Waals surface area contributed by atoms with Gasteiger partial charge in [-0.25, -0.2) is 0 Å². The minimum Gasteiger partial charge on any atom is -0.491 e. The molecule has 26 heavy (non-hydrogen) atoms. The van der Waals surface area contributed by atoms with E-state index in [4.69, 9.17) is 4.74 Å². The van der Waals surface area contributed by atoms with Gasteiger partial charge in [0.2, 0.25) is 11.8 Å². The summed E-state index contributed by atoms with van der Waals surface area (Å²) in [5.41, 5.74) is 0.931. The molecule has 0 unspecified atom stereocenters. The molecule has 2 aliphatic rings. The van der Waals surface area contributed by atoms with Crippen LogP contribution < -0.4 is 4.74 Å². The predicted octanol–water partition coefficient (Wildman–Crippen LogP) is 2.58. The van der Waals surface area contributed by atoms with Gasteiger partial charge < -0.3 is 14.5 Å². The fourth-order valence-electron chi connectivity index (χ4n) is 3.59. The summed E-state index contributed by atoms with van der Waals surface area (Å²) in [7, 11) is 0. The SMILES string of the molecule is CC(C)Oc1cccc(CC(=O)N2CCC[C@H]2C(=O)N2CCSCC2)c1. The van der Waals surface area contributed by atoms with Gasteiger partial charge in [0.05, 0.1) is 12.5 Å². The number of thioether (sulfide) groups is 1. The number of ether oxygens (including phenoxy) is 1. The third kappa shape index (κ3) is 4.72. The molecular weight excluding hydrogens is 348 g/mol. The zero-order valence-electron chi connectivity index (χ0n) is 15.6. The molecule has 0 bridgehead atoms. The highest BCUT2D eigenvalue weighted by molar-refractivity contribution is 7.99. The first-order valence-corrected chi connectivity index (χ1v) is 10.6. The maximum atomic E-state index is 12.9. The number of carbonyl (C=O) groups excluding carboxylic acids is 2. The minimum atomic E-state index is -0.277. The monoisotopic (exact) mass is 376 g/mol. The van der Waals surface area contributed by atoms with Crippen LogP contribution in [-0.4, -0.2) is 64.9 Å². The largest absolute Gasteiger partial charge is 0.491 e. The highest BCUT2D eigenvalue weighted by atomic mass is 32.2. The Balaban J connectivity index is 1.64. The average molecular weight is 377 g/mol. The number of benzene rings is 1. The molecule has 5 nitrogen and oxygen atoms in total. The van der Waals surface area contributed by atoms with Crippen LogP contribution in [0.3, 0.4) is 0 Å². The summed E-state index contributed by atoms with van der Waals surface area (Å²) in [6.07, 6.45) is 2.10. The molecule has 2 saturated heterocycles. The van der Waals surface area contributed by atoms with Crippen molar-refractivity contribution in [1.29, 1.82) is 0 Å². The second kappa shape index (κ2) is 8.80. The summed E-state index contributed by atoms with van der Waals surface area (Å²) in [4.78, 5) is 29.4. The topological polar surface area (TPSA) is 49.9 Å². The van der Waals surface area contributed by atoms with Crippen LogP contribution in [0, 0.1) is 0 Å². The number of hydrogen-bond acceptors (Lipinski definition) is 4. The van der Waals surface area contributed by atoms with Crippen molar-refractivity contribution in [3.8, 4) is 5.75 Å². The Hall–Kier alpha value is -1.69. The minimum absolute atomic E-state index is 0.0360. The van der Waals surface area contributed by atoms with Gasteiger partial charge in [-0.2, -0.15) is 11.8 Å². The van der Waals surface area contributed by atoms with Crippen molar-refractivity contribution in [3.05, 3.63) is 29.8 Å². The van der Waals surface area contributed by atoms with Gasteiger partial charge >= 0.3 is 0 Å². The van der Waals surface area contributed by atoms with E-state index >= 15 is 0 Å². The van der Waals surface area contributed by atoms with Crippen molar-refractivity contribution in [1.82, 2.24) is 9.80 Å². The summed E-state index contributed by atoms with van der Waals surface area (Å²) < 4.78 is 5.71. The van der Waals surface area contributed by atoms with E-state index < -0.39 is 0 Å². The van der Waals surface area contributed by atoms with Crippen molar-refractivity contribution in [2.45, 2.75) is 45.3 Å². The molecule has 1 atom stereocenters. The number of likely N-dealkylation sites (tertiary alicyclic amines) is 1. The molecule has 2 aliphatic heterocycles. The van der Waals surface area contributed by atoms with E-state index in [0.717, 1.165) is 48.7 Å². The molecular formula is C20H28N2O3S. The van der Waals surface area contributed by atoms with Gasteiger partial charge in [0.1, 0.15) is 11.8 Å². The van der Waals surface area contributed by atoms with Crippen molar-refractivity contribution in [2.75, 3.05) is 31.1 Å². The lowest BCUT2D eigenvalue weighted by atomic mass is 10.1. The number of rotatable bonds is 5. The van der Waals surface area contributed by atoms with E-state index in [-0.39, 0.29) is 24.0 Å². The normalized spacial score (nSPS) is 20.5. The molecule has 1 aromatic carbocycles. The molecule has 0 spiro atoms. The molecule has 6 heteroatoms. The highest BCUT2D eigenvalue weighted by Gasteiger charge is 2.36. The molecule has 142 valence electrons. The second-order valence-electron chi connectivity index (χ2n) is 7.17. The summed E-state index contributed by atoms with van der Waals surface area (Å²) in [5, 5.41) is 0. The lowest BCUT2D eigenvalue weighted by Crippen LogP contribution is -2.50. The van der Waals surface area contributed by atoms with Gasteiger partial charge in [-0.3, -0.25) is 9.59 Å². The molecule has 3 rings (SSSR count). The van der Waals surface area contributed by atoms with Gasteiger partial charge in [-0.05, 0) is 44.4 Å². The zero-order chi connectivity index (χ0) is 18.5. The van der Waals surface area contributed by atoms with E-state index in [1.165, 1.54) is 0 Å². The molecule has 0 radical (unpaired) electrons. The van der Waals surface area contributed by atoms with Crippen LogP contribution in [0.5, 0.6) is 5.75 Å². The molecule has 0 aromatic heterocycles. The molecule has 0 saturated carbocycles. The van der Waals surface area contributed by atoms with Gasteiger partial charge in [0.15, 0.2) is 0 Å². The molecule has 2 amide bonds. The van der Waals surface area contributed by atoms with Crippen LogP contribution >= 0.6 is 11.8 Å².